The number of nitrogens with zero attached hydrogens (tertiary/aromatic N) is 2. The predicted molar refractivity (Wildman–Crippen MR) is 164 cm³/mol. The number of phenolic OH excluding ortho intramolecular Hbond substituents is 2. The predicted octanol–water partition coefficient (Wildman–Crippen LogP) is 3.98. The summed E-state index contributed by atoms with van der Waals surface area (Å²) in [7, 11) is 0. The number of benzene rings is 4. The maximum Gasteiger partial charge on any atom is 0.262 e. The summed E-state index contributed by atoms with van der Waals surface area (Å²) in [5.74, 6) is -7.09. The van der Waals surface area contributed by atoms with E-state index in [0.29, 0.717) is 0 Å². The SMILES string of the molecule is Cc1cc(-c2cc(C#N)c(-c3cccc(C)c3F)c(C(=O)NC(=N)N)c2O)c(F)cc1-c1c(C#N)ccc(O)c1C(=O)NC(=N)N. The van der Waals surface area contributed by atoms with Gasteiger partial charge >= 0.3 is 0 Å². The van der Waals surface area contributed by atoms with Crippen LogP contribution in [0.2, 0.25) is 0 Å². The Kier molecular flexibility index (Phi) is 8.68. The van der Waals surface area contributed by atoms with Gasteiger partial charge < -0.3 is 21.7 Å². The van der Waals surface area contributed by atoms with Crippen LogP contribution in [-0.2, 0) is 0 Å². The molecule has 0 atom stereocenters. The second-order valence-electron chi connectivity index (χ2n) is 10.00. The molecule has 0 fully saturated rings. The molecule has 0 aliphatic heterocycles. The third kappa shape index (κ3) is 5.73. The van der Waals surface area contributed by atoms with E-state index in [1.54, 1.807) is 0 Å². The van der Waals surface area contributed by atoms with E-state index in [1.165, 1.54) is 44.2 Å². The molecule has 4 aromatic carbocycles. The Morgan fingerprint density at radius 3 is 1.93 bits per heavy atom. The van der Waals surface area contributed by atoms with Crippen molar-refractivity contribution in [3.63, 3.8) is 0 Å². The Hall–Kier alpha value is -6.80. The zero-order valence-electron chi connectivity index (χ0n) is 24.1. The van der Waals surface area contributed by atoms with Crippen LogP contribution in [0.1, 0.15) is 43.0 Å². The van der Waals surface area contributed by atoms with Crippen LogP contribution < -0.4 is 22.1 Å². The Morgan fingerprint density at radius 2 is 1.35 bits per heavy atom. The minimum Gasteiger partial charge on any atom is -0.507 e. The Labute approximate surface area is 260 Å². The van der Waals surface area contributed by atoms with E-state index in [1.807, 2.05) is 22.8 Å². The van der Waals surface area contributed by atoms with Crippen molar-refractivity contribution in [3.8, 4) is 57.0 Å². The van der Waals surface area contributed by atoms with Crippen LogP contribution in [0.5, 0.6) is 11.5 Å². The topological polar surface area (TPSA) is 246 Å². The molecule has 12 nitrogen and oxygen atoms in total. The van der Waals surface area contributed by atoms with Gasteiger partial charge in [-0.2, -0.15) is 10.5 Å². The van der Waals surface area contributed by atoms with Gasteiger partial charge in [0, 0.05) is 27.8 Å². The number of aromatic hydroxyl groups is 2. The molecule has 10 N–H and O–H groups in total. The van der Waals surface area contributed by atoms with Gasteiger partial charge in [-0.25, -0.2) is 8.78 Å². The summed E-state index contributed by atoms with van der Waals surface area (Å²) in [6.07, 6.45) is 0. The molecule has 0 aliphatic carbocycles. The van der Waals surface area contributed by atoms with Gasteiger partial charge in [0.25, 0.3) is 11.8 Å². The summed E-state index contributed by atoms with van der Waals surface area (Å²) in [4.78, 5) is 26.1. The fourth-order valence-corrected chi connectivity index (χ4v) is 5.03. The number of carbonyl (C=O) groups excluding carboxylic acids is 2. The average molecular weight is 623 g/mol. The molecule has 4 rings (SSSR count). The molecule has 0 radical (unpaired) electrons. The first-order chi connectivity index (χ1) is 21.7. The van der Waals surface area contributed by atoms with E-state index in [-0.39, 0.29) is 55.6 Å². The van der Waals surface area contributed by atoms with E-state index in [9.17, 15) is 30.3 Å². The minimum atomic E-state index is -1.17. The molecule has 0 aromatic heterocycles. The first-order valence-electron chi connectivity index (χ1n) is 13.1. The molecule has 0 heterocycles. The van der Waals surface area contributed by atoms with Gasteiger partial charge in [-0.05, 0) is 60.9 Å². The number of amides is 2. The number of phenols is 2. The smallest absolute Gasteiger partial charge is 0.262 e. The molecule has 0 saturated heterocycles. The first kappa shape index (κ1) is 32.1. The molecule has 0 saturated carbocycles. The second-order valence-corrected chi connectivity index (χ2v) is 10.00. The third-order valence-electron chi connectivity index (χ3n) is 7.01. The van der Waals surface area contributed by atoms with Crippen molar-refractivity contribution in [1.29, 1.82) is 21.3 Å². The Morgan fingerprint density at radius 1 is 0.761 bits per heavy atom. The fraction of sp³-hybridized carbons (Fsp3) is 0.0625. The van der Waals surface area contributed by atoms with E-state index < -0.39 is 58.0 Å². The van der Waals surface area contributed by atoms with Crippen molar-refractivity contribution in [2.75, 3.05) is 0 Å². The highest BCUT2D eigenvalue weighted by Crippen LogP contribution is 2.44. The highest BCUT2D eigenvalue weighted by molar-refractivity contribution is 6.13. The van der Waals surface area contributed by atoms with Crippen molar-refractivity contribution in [2.24, 2.45) is 11.5 Å². The van der Waals surface area contributed by atoms with Crippen LogP contribution in [0.25, 0.3) is 33.4 Å². The fourth-order valence-electron chi connectivity index (χ4n) is 5.03. The van der Waals surface area contributed by atoms with E-state index in [4.69, 9.17) is 22.3 Å². The van der Waals surface area contributed by atoms with Gasteiger partial charge in [0.05, 0.1) is 34.4 Å². The first-order valence-corrected chi connectivity index (χ1v) is 13.1. The number of carbonyl (C=O) groups is 2. The molecule has 46 heavy (non-hydrogen) atoms. The van der Waals surface area contributed by atoms with Gasteiger partial charge in [-0.3, -0.25) is 31.0 Å². The summed E-state index contributed by atoms with van der Waals surface area (Å²) in [5.41, 5.74) is 7.95. The van der Waals surface area contributed by atoms with Gasteiger partial charge in [0.2, 0.25) is 0 Å². The zero-order valence-corrected chi connectivity index (χ0v) is 24.1. The van der Waals surface area contributed by atoms with E-state index in [2.05, 4.69) is 0 Å². The lowest BCUT2D eigenvalue weighted by Gasteiger charge is -2.19. The Bertz CT molecular complexity index is 2100. The number of guanidine groups is 2. The highest BCUT2D eigenvalue weighted by Gasteiger charge is 2.29. The molecule has 2 amide bonds. The highest BCUT2D eigenvalue weighted by atomic mass is 19.1. The monoisotopic (exact) mass is 622 g/mol. The van der Waals surface area contributed by atoms with Crippen molar-refractivity contribution in [2.45, 2.75) is 13.8 Å². The largest absolute Gasteiger partial charge is 0.507 e. The van der Waals surface area contributed by atoms with Crippen LogP contribution in [0.15, 0.2) is 48.5 Å². The molecule has 0 unspecified atom stereocenters. The zero-order chi connectivity index (χ0) is 34.0. The molecular formula is C32H24F2N8O4. The number of hydrogen-bond donors (Lipinski definition) is 8. The van der Waals surface area contributed by atoms with Gasteiger partial charge in [0.1, 0.15) is 23.1 Å². The molecule has 0 aliphatic rings. The molecule has 14 heteroatoms. The quantitative estimate of drug-likeness (QED) is 0.119. The lowest BCUT2D eigenvalue weighted by Crippen LogP contribution is -2.36. The summed E-state index contributed by atoms with van der Waals surface area (Å²) in [5, 5.41) is 60.7. The number of nitrogens with one attached hydrogen (secondary N) is 4. The maximum absolute atomic E-state index is 16.1. The van der Waals surface area contributed by atoms with Crippen LogP contribution in [-0.4, -0.2) is 33.9 Å². The van der Waals surface area contributed by atoms with Crippen LogP contribution in [0.4, 0.5) is 8.78 Å². The number of nitrogens with two attached hydrogens (primary N) is 2. The lowest BCUT2D eigenvalue weighted by molar-refractivity contribution is 0.0965. The van der Waals surface area contributed by atoms with Gasteiger partial charge in [0.15, 0.2) is 11.9 Å². The van der Waals surface area contributed by atoms with Gasteiger partial charge in [-0.1, -0.05) is 18.2 Å². The number of nitriles is 2. The molecule has 0 bridgehead atoms. The summed E-state index contributed by atoms with van der Waals surface area (Å²) in [6, 6.07) is 13.4. The van der Waals surface area contributed by atoms with Crippen LogP contribution in [0.3, 0.4) is 0 Å². The number of aryl methyl sites for hydroxylation is 2. The standard InChI is InChI=1S/C32H24F2N8O4/c1-13-4-3-5-17(27(13)34)24-16(12-36)9-20(28(44)26(24)30(46)42-32(39)40)19-8-14(2)18(10-21(19)33)23-15(11-35)6-7-22(43)25(23)29(45)41-31(37)38/h3-10,43-44H,1-2H3,(H4,37,38,41,45)(H4,39,40,42,46). The molecule has 230 valence electrons. The molecule has 0 spiro atoms. The Balaban J connectivity index is 2.06. The number of hydrogen-bond acceptors (Lipinski definition) is 8. The summed E-state index contributed by atoms with van der Waals surface area (Å²) >= 11 is 0. The summed E-state index contributed by atoms with van der Waals surface area (Å²) < 4.78 is 31.4. The van der Waals surface area contributed by atoms with Crippen molar-refractivity contribution in [1.82, 2.24) is 10.6 Å². The van der Waals surface area contributed by atoms with E-state index >= 15 is 8.78 Å². The van der Waals surface area contributed by atoms with Crippen molar-refractivity contribution < 1.29 is 28.6 Å². The van der Waals surface area contributed by atoms with Gasteiger partial charge in [-0.15, -0.1) is 0 Å². The molecular weight excluding hydrogens is 598 g/mol. The lowest BCUT2D eigenvalue weighted by atomic mass is 9.86. The number of halogens is 2. The third-order valence-corrected chi connectivity index (χ3v) is 7.01. The normalized spacial score (nSPS) is 10.4. The van der Waals surface area contributed by atoms with Crippen molar-refractivity contribution >= 4 is 23.7 Å². The van der Waals surface area contributed by atoms with E-state index in [0.717, 1.165) is 18.2 Å². The maximum atomic E-state index is 16.1. The van der Waals surface area contributed by atoms with Crippen molar-refractivity contribution in [3.05, 3.63) is 93.5 Å². The molecule has 4 aromatic rings. The summed E-state index contributed by atoms with van der Waals surface area (Å²) in [6.45, 7) is 2.92. The van der Waals surface area contributed by atoms with Crippen LogP contribution >= 0.6 is 0 Å². The number of rotatable bonds is 5. The average Bonchev–Trinajstić information content (AvgIpc) is 2.98. The minimum absolute atomic E-state index is 0.0320. The second kappa shape index (κ2) is 12.4. The van der Waals surface area contributed by atoms with Crippen LogP contribution in [0, 0.1) is 59.0 Å².